The fourth-order valence-corrected chi connectivity index (χ4v) is 2.89. The van der Waals surface area contributed by atoms with Gasteiger partial charge < -0.3 is 10.0 Å². The summed E-state index contributed by atoms with van der Waals surface area (Å²) in [6, 6.07) is 3.02. The van der Waals surface area contributed by atoms with Gasteiger partial charge >= 0.3 is 5.97 Å². The highest BCUT2D eigenvalue weighted by Gasteiger charge is 2.39. The lowest BCUT2D eigenvalue weighted by atomic mass is 10.1. The molecular weight excluding hydrogens is 318 g/mol. The highest BCUT2D eigenvalue weighted by molar-refractivity contribution is 7.89. The smallest absolute Gasteiger partial charge is 0.335 e. The summed E-state index contributed by atoms with van der Waals surface area (Å²) in [5, 5.41) is 23.8. The molecule has 0 bridgehead atoms. The van der Waals surface area contributed by atoms with Crippen LogP contribution in [0.5, 0.6) is 0 Å². The number of primary sulfonamides is 1. The minimum absolute atomic E-state index is 0.161. The number of amides is 1. The lowest BCUT2D eigenvalue weighted by Gasteiger charge is -2.16. The molecule has 22 heavy (non-hydrogen) atoms. The molecule has 0 saturated carbocycles. The van der Waals surface area contributed by atoms with E-state index in [2.05, 4.69) is 0 Å². The first-order valence-electron chi connectivity index (χ1n) is 5.95. The van der Waals surface area contributed by atoms with E-state index in [1.165, 1.54) is 0 Å². The van der Waals surface area contributed by atoms with Crippen molar-refractivity contribution in [2.45, 2.75) is 11.7 Å². The van der Waals surface area contributed by atoms with Gasteiger partial charge in [0, 0.05) is 19.0 Å². The zero-order valence-electron chi connectivity index (χ0n) is 11.0. The van der Waals surface area contributed by atoms with E-state index in [9.17, 15) is 28.1 Å². The lowest BCUT2D eigenvalue weighted by Crippen LogP contribution is -2.32. The maximum atomic E-state index is 11.9. The van der Waals surface area contributed by atoms with Crippen LogP contribution in [0, 0.1) is 10.1 Å². The highest BCUT2D eigenvalue weighted by Crippen LogP contribution is 2.33. The number of nitrogens with two attached hydrogens (primary N) is 1. The minimum Gasteiger partial charge on any atom is -0.478 e. The molecule has 1 fully saturated rings. The van der Waals surface area contributed by atoms with E-state index >= 15 is 0 Å². The van der Waals surface area contributed by atoms with Crippen LogP contribution in [0.1, 0.15) is 16.8 Å². The van der Waals surface area contributed by atoms with Crippen LogP contribution in [0.3, 0.4) is 0 Å². The third-order valence-electron chi connectivity index (χ3n) is 3.26. The Balaban J connectivity index is 2.47. The molecule has 1 aromatic carbocycles. The van der Waals surface area contributed by atoms with E-state index in [1.807, 2.05) is 0 Å². The molecule has 1 atom stereocenters. The van der Waals surface area contributed by atoms with Crippen LogP contribution in [-0.2, 0) is 14.8 Å². The molecule has 0 aliphatic carbocycles. The second kappa shape index (κ2) is 5.35. The van der Waals surface area contributed by atoms with Gasteiger partial charge in [-0.2, -0.15) is 0 Å². The highest BCUT2D eigenvalue weighted by atomic mass is 32.2. The molecule has 0 aromatic heterocycles. The van der Waals surface area contributed by atoms with Crippen LogP contribution in [-0.4, -0.2) is 42.1 Å². The molecule has 1 aliphatic rings. The minimum atomic E-state index is -3.96. The van der Waals surface area contributed by atoms with Crippen LogP contribution >= 0.6 is 0 Å². The van der Waals surface area contributed by atoms with Crippen LogP contribution < -0.4 is 10.0 Å². The van der Waals surface area contributed by atoms with Gasteiger partial charge in [-0.05, 0) is 12.1 Å². The number of hydrogen-bond acceptors (Lipinski definition) is 6. The molecule has 0 spiro atoms. The van der Waals surface area contributed by atoms with Crippen LogP contribution in [0.25, 0.3) is 0 Å². The number of carbonyl (C=O) groups is 2. The predicted molar refractivity (Wildman–Crippen MR) is 73.9 cm³/mol. The van der Waals surface area contributed by atoms with E-state index in [1.54, 1.807) is 0 Å². The quantitative estimate of drug-likeness (QED) is 0.565. The number of carbonyl (C=O) groups excluding carboxylic acids is 1. The lowest BCUT2D eigenvalue weighted by molar-refractivity contribution is -0.384. The molecular formula is C11H11N3O7S. The molecule has 1 unspecified atom stereocenters. The van der Waals surface area contributed by atoms with Gasteiger partial charge in [-0.3, -0.25) is 14.9 Å². The molecule has 1 heterocycles. The van der Waals surface area contributed by atoms with Gasteiger partial charge in [0.1, 0.15) is 10.9 Å². The number of carboxylic acids is 1. The number of rotatable bonds is 4. The van der Waals surface area contributed by atoms with Crippen LogP contribution in [0.15, 0.2) is 18.2 Å². The summed E-state index contributed by atoms with van der Waals surface area (Å²) in [7, 11) is -3.96. The maximum absolute atomic E-state index is 11.9. The van der Waals surface area contributed by atoms with Crippen LogP contribution in [0.2, 0.25) is 0 Å². The number of anilines is 1. The molecule has 118 valence electrons. The van der Waals surface area contributed by atoms with Crippen molar-refractivity contribution in [1.82, 2.24) is 0 Å². The molecule has 1 amide bonds. The monoisotopic (exact) mass is 329 g/mol. The second-order valence-corrected chi connectivity index (χ2v) is 6.53. The van der Waals surface area contributed by atoms with Gasteiger partial charge in [0.2, 0.25) is 15.9 Å². The molecule has 1 saturated heterocycles. The number of aromatic carboxylic acids is 1. The Bertz CT molecular complexity index is 774. The van der Waals surface area contributed by atoms with E-state index in [4.69, 9.17) is 10.2 Å². The summed E-state index contributed by atoms with van der Waals surface area (Å²) >= 11 is 0. The van der Waals surface area contributed by atoms with Crippen molar-refractivity contribution in [2.24, 2.45) is 5.14 Å². The zero-order chi connectivity index (χ0) is 16.7. The van der Waals surface area contributed by atoms with Crippen molar-refractivity contribution in [1.29, 1.82) is 0 Å². The molecule has 1 aliphatic heterocycles. The molecule has 10 nitrogen and oxygen atoms in total. The van der Waals surface area contributed by atoms with Gasteiger partial charge in [0.15, 0.2) is 0 Å². The Morgan fingerprint density at radius 3 is 2.55 bits per heavy atom. The average molecular weight is 329 g/mol. The standard InChI is InChI=1S/C11H11N3O7S/c12-22(20,21)7-4-10(15)13(5-7)8-2-1-6(11(16)17)3-9(8)14(18)19/h1-3,7H,4-5H2,(H,16,17)(H2,12,20,21). The van der Waals surface area contributed by atoms with Gasteiger partial charge in [0.05, 0.1) is 10.5 Å². The largest absolute Gasteiger partial charge is 0.478 e. The Hall–Kier alpha value is -2.53. The van der Waals surface area contributed by atoms with Gasteiger partial charge in [0.25, 0.3) is 5.69 Å². The number of nitro groups is 1. The van der Waals surface area contributed by atoms with E-state index < -0.39 is 37.8 Å². The fourth-order valence-electron chi connectivity index (χ4n) is 2.16. The summed E-state index contributed by atoms with van der Waals surface area (Å²) in [5.41, 5.74) is -1.07. The fraction of sp³-hybridized carbons (Fsp3) is 0.273. The van der Waals surface area contributed by atoms with Crippen molar-refractivity contribution in [3.05, 3.63) is 33.9 Å². The Labute approximate surface area is 124 Å². The Morgan fingerprint density at radius 2 is 2.09 bits per heavy atom. The summed E-state index contributed by atoms with van der Waals surface area (Å²) in [6.07, 6.45) is -0.378. The number of nitrogens with zero attached hydrogens (tertiary/aromatic N) is 2. The van der Waals surface area contributed by atoms with E-state index in [0.717, 1.165) is 23.1 Å². The summed E-state index contributed by atoms with van der Waals surface area (Å²) < 4.78 is 22.6. The average Bonchev–Trinajstić information content (AvgIpc) is 2.79. The molecule has 0 radical (unpaired) electrons. The molecule has 1 aromatic rings. The number of nitro benzene ring substituents is 1. The molecule has 11 heteroatoms. The van der Waals surface area contributed by atoms with Crippen molar-refractivity contribution in [2.75, 3.05) is 11.4 Å². The zero-order valence-corrected chi connectivity index (χ0v) is 11.8. The third-order valence-corrected chi connectivity index (χ3v) is 4.51. The number of carboxylic acid groups (broad SMARTS) is 1. The molecule has 2 rings (SSSR count). The summed E-state index contributed by atoms with van der Waals surface area (Å²) in [4.78, 5) is 33.9. The summed E-state index contributed by atoms with van der Waals surface area (Å²) in [5.74, 6) is -1.99. The normalized spacial score (nSPS) is 18.5. The first kappa shape index (κ1) is 15.9. The summed E-state index contributed by atoms with van der Waals surface area (Å²) in [6.45, 7) is -0.315. The third kappa shape index (κ3) is 2.89. The predicted octanol–water partition coefficient (Wildman–Crippen LogP) is -0.313. The SMILES string of the molecule is NS(=O)(=O)C1CC(=O)N(c2ccc(C(=O)O)cc2[N+](=O)[O-])C1. The van der Waals surface area contributed by atoms with E-state index in [-0.39, 0.29) is 24.2 Å². The number of benzene rings is 1. The van der Waals surface area contributed by atoms with Gasteiger partial charge in [-0.1, -0.05) is 0 Å². The van der Waals surface area contributed by atoms with Gasteiger partial charge in [-0.25, -0.2) is 18.4 Å². The van der Waals surface area contributed by atoms with Crippen molar-refractivity contribution < 1.29 is 28.0 Å². The van der Waals surface area contributed by atoms with Crippen molar-refractivity contribution in [3.8, 4) is 0 Å². The van der Waals surface area contributed by atoms with Gasteiger partial charge in [-0.15, -0.1) is 0 Å². The van der Waals surface area contributed by atoms with E-state index in [0.29, 0.717) is 0 Å². The van der Waals surface area contributed by atoms with Crippen molar-refractivity contribution >= 4 is 33.3 Å². The first-order chi connectivity index (χ1) is 10.1. The Morgan fingerprint density at radius 1 is 1.45 bits per heavy atom. The van der Waals surface area contributed by atoms with Crippen LogP contribution in [0.4, 0.5) is 11.4 Å². The Kier molecular flexibility index (Phi) is 3.85. The first-order valence-corrected chi connectivity index (χ1v) is 7.56. The second-order valence-electron chi connectivity index (χ2n) is 4.69. The topological polar surface area (TPSA) is 161 Å². The maximum Gasteiger partial charge on any atom is 0.335 e. The number of hydrogen-bond donors (Lipinski definition) is 2. The molecule has 3 N–H and O–H groups in total. The van der Waals surface area contributed by atoms with Crippen molar-refractivity contribution in [3.63, 3.8) is 0 Å². The number of sulfonamides is 1.